The van der Waals surface area contributed by atoms with Crippen LogP contribution >= 0.6 is 58.8 Å². The van der Waals surface area contributed by atoms with Gasteiger partial charge in [-0.3, -0.25) is 34.3 Å². The summed E-state index contributed by atoms with van der Waals surface area (Å²) in [6, 6.07) is 45.7. The van der Waals surface area contributed by atoms with Gasteiger partial charge in [-0.15, -0.1) is 0 Å². The third kappa shape index (κ3) is 29.9. The average Bonchev–Trinajstić information content (AvgIpc) is 0.871. The van der Waals surface area contributed by atoms with Crippen molar-refractivity contribution in [3.63, 3.8) is 0 Å². The number of β-amino-alcohol motifs (C(OH)–C–C–N with tert-alkyl or cyclic N) is 5. The highest BCUT2D eigenvalue weighted by molar-refractivity contribution is 8.00. The van der Waals surface area contributed by atoms with E-state index in [1.807, 2.05) is 139 Å². The highest BCUT2D eigenvalue weighted by atomic mass is 35.5. The smallest absolute Gasteiger partial charge is 0.394 e. The Morgan fingerprint density at radius 2 is 0.571 bits per heavy atom. The Morgan fingerprint density at radius 1 is 0.336 bits per heavy atom. The zero-order valence-corrected chi connectivity index (χ0v) is 82.5. The summed E-state index contributed by atoms with van der Waals surface area (Å²) in [7, 11) is 0. The summed E-state index contributed by atoms with van der Waals surface area (Å²) in [4.78, 5) is 29.6. The number of benzene rings is 8. The second kappa shape index (κ2) is 49.0. The van der Waals surface area contributed by atoms with E-state index in [1.54, 1.807) is 4.90 Å². The molecule has 4 unspecified atom stereocenters. The number of rotatable bonds is 23. The van der Waals surface area contributed by atoms with Crippen LogP contribution in [-0.4, -0.2) is 329 Å². The van der Waals surface area contributed by atoms with Gasteiger partial charge in [0.25, 0.3) is 0 Å². The number of nitrogens with zero attached hydrogens (tertiary/aromatic N) is 11. The van der Waals surface area contributed by atoms with Gasteiger partial charge in [0.15, 0.2) is 11.6 Å². The second-order valence-corrected chi connectivity index (χ2v) is 41.3. The lowest BCUT2D eigenvalue weighted by Crippen LogP contribution is -2.51. The molecule has 8 aromatic carbocycles. The van der Waals surface area contributed by atoms with Gasteiger partial charge >= 0.3 is 24.7 Å². The molecular weight excluding hydrogens is 1940 g/mol. The predicted molar refractivity (Wildman–Crippen MR) is 521 cm³/mol. The van der Waals surface area contributed by atoms with Crippen molar-refractivity contribution < 1.29 is 107 Å². The molecule has 0 bridgehead atoms. The molecule has 0 saturated carbocycles. The van der Waals surface area contributed by atoms with Gasteiger partial charge in [-0.25, -0.2) is 5.25 Å². The maximum absolute atomic E-state index is 13.4. The van der Waals surface area contributed by atoms with Crippen LogP contribution in [0.15, 0.2) is 209 Å². The summed E-state index contributed by atoms with van der Waals surface area (Å²) < 4.78 is 189. The van der Waals surface area contributed by atoms with E-state index in [-0.39, 0.29) is 45.0 Å². The molecule has 0 radical (unpaired) electrons. The van der Waals surface area contributed by atoms with Crippen LogP contribution in [0, 0.1) is 0 Å². The van der Waals surface area contributed by atoms with E-state index in [2.05, 4.69) is 56.6 Å². The molecule has 24 nitrogen and oxygen atoms in total. The number of nitrogens with one attached hydrogen (secondary N) is 1. The lowest BCUT2D eigenvalue weighted by atomic mass is 10.1. The van der Waals surface area contributed by atoms with Gasteiger partial charge in [-0.05, 0) is 174 Å². The standard InChI is InChI=1S/2C26H32F3N3O3S.C23H28F3N3O3S.C20H22F3N3OS.C4H8O.ClH2N/c2*1-25(2)34-17-20(35-25)16-31-11-9-30(10-12-31)14-19(33)15-32-21-5-3-4-6-23(21)36-24-8-7-18(13-22(24)32)26(27,28)29;24-23(25,26)16-5-6-22-20(11-16)29(19-3-1-2-4-21(19)33-22)14-17(31)12-27-7-9-28(10-8-27)13-18(32)15-30;21-20(22,23)14-5-6-19-17(11-14)26(16-3-1-2-4-18(16)28-19)13-15(27)12-25-9-7-24-8-10-25;1-2-4-5-3-1;1-2/h2*3-8,13,19-20,33H,9-12,14-17H2,1-2H3;1-6,11,17-18,30-32H,7-10,12-15H2;1-6,11,15,24,27H,7-10,12-13H2;1-4H2;2H2/t2*19?,20-;17?,18-;;;/m000.../s1. The van der Waals surface area contributed by atoms with Crippen molar-refractivity contribution in [2.75, 3.05) is 229 Å². The van der Waals surface area contributed by atoms with Crippen LogP contribution < -0.4 is 30.2 Å². The number of hydrogen-bond acceptors (Lipinski definition) is 28. The molecule has 7 atom stereocenters. The van der Waals surface area contributed by atoms with Gasteiger partial charge in [0.05, 0.1) is 156 Å². The number of alkyl halides is 12. The third-order valence-electron chi connectivity index (χ3n) is 25.4. The Hall–Kier alpha value is -6.99. The fraction of sp³-hybridized carbons (Fsp3) is 0.515. The highest BCUT2D eigenvalue weighted by Gasteiger charge is 2.42. The SMILES string of the molecule is C1CCOC1.CC1(C)OC[C@H](CN2CCN(CC(O)CN3c4ccccc4Sc4ccc(C(F)(F)F)cc43)CC2)O1.CC1(C)OC[C@H](CN2CCN(CC(O)CN3c4ccccc4Sc4ccc(C(F)(F)F)cc43)CC2)O1.NCl.OC(CN1CCNCC1)CN1c2ccccc2Sc2ccc(C(F)(F)F)cc21.OC[C@@H](O)CN1CCN(CC(O)CN2c3ccccc3Sc3ccc(C(F)(F)F)cc32)CC1. The van der Waals surface area contributed by atoms with Crippen molar-refractivity contribution in [1.82, 2.24) is 39.6 Å². The third-order valence-corrected chi connectivity index (χ3v) is 30.0. The first kappa shape index (κ1) is 109. The van der Waals surface area contributed by atoms with Crippen LogP contribution in [0.5, 0.6) is 0 Å². The Bertz CT molecular complexity index is 5140. The maximum Gasteiger partial charge on any atom is 0.416 e. The molecule has 41 heteroatoms. The Morgan fingerprint density at radius 3 is 0.800 bits per heavy atom. The monoisotopic (exact) mass is 2060 g/mol. The van der Waals surface area contributed by atoms with E-state index >= 15 is 0 Å². The molecule has 9 N–H and O–H groups in total. The van der Waals surface area contributed by atoms with Gasteiger partial charge in [0.2, 0.25) is 0 Å². The molecule has 0 amide bonds. The molecule has 11 aliphatic rings. The molecule has 0 aromatic heterocycles. The summed E-state index contributed by atoms with van der Waals surface area (Å²) in [6.45, 7) is 28.4. The van der Waals surface area contributed by atoms with E-state index in [0.29, 0.717) is 94.9 Å². The van der Waals surface area contributed by atoms with E-state index in [4.69, 9.17) is 28.8 Å². The summed E-state index contributed by atoms with van der Waals surface area (Å²) >= 11 is 9.94. The number of fused-ring (bicyclic) bond motifs is 8. The molecule has 140 heavy (non-hydrogen) atoms. The van der Waals surface area contributed by atoms with Crippen molar-refractivity contribution in [3.8, 4) is 0 Å². The Balaban J connectivity index is 0.000000146. The zero-order chi connectivity index (χ0) is 99.9. The minimum Gasteiger partial charge on any atom is -0.394 e. The van der Waals surface area contributed by atoms with Gasteiger partial charge in [-0.1, -0.05) is 95.6 Å². The first-order chi connectivity index (χ1) is 66.8. The minimum atomic E-state index is -4.44. The molecule has 0 aliphatic carbocycles. The number of halogens is 13. The quantitative estimate of drug-likeness (QED) is 0.0219. The molecule has 0 spiro atoms. The highest BCUT2D eigenvalue weighted by Crippen LogP contribution is 2.55. The number of ether oxygens (including phenoxy) is 5. The fourth-order valence-corrected chi connectivity index (χ4v) is 22.9. The lowest BCUT2D eigenvalue weighted by molar-refractivity contribution is -0.141. The van der Waals surface area contributed by atoms with Gasteiger partial charge in [0, 0.05) is 203 Å². The van der Waals surface area contributed by atoms with Crippen LogP contribution in [0.3, 0.4) is 0 Å². The number of piperazine rings is 4. The number of anilines is 8. The van der Waals surface area contributed by atoms with Crippen molar-refractivity contribution >= 4 is 104 Å². The first-order valence-electron chi connectivity index (χ1n) is 47.0. The molecule has 19 rings (SSSR count). The average molecular weight is 2060 g/mol. The molecule has 11 heterocycles. The van der Waals surface area contributed by atoms with E-state index in [0.717, 1.165) is 197 Å². The van der Waals surface area contributed by atoms with Gasteiger partial charge in [-0.2, -0.15) is 52.7 Å². The summed E-state index contributed by atoms with van der Waals surface area (Å²) in [6.07, 6.45) is -18.6. The minimum absolute atomic E-state index is 0.0656. The fourth-order valence-electron chi connectivity index (χ4n) is 18.6. The Labute approximate surface area is 831 Å². The van der Waals surface area contributed by atoms with Crippen LogP contribution in [0.2, 0.25) is 0 Å². The van der Waals surface area contributed by atoms with E-state index in [9.17, 15) is 78.2 Å². The molecule has 11 aliphatic heterocycles. The number of aliphatic hydroxyl groups excluding tert-OH is 6. The predicted octanol–water partition coefficient (Wildman–Crippen LogP) is 16.0. The molecule has 7 saturated heterocycles. The number of aliphatic hydroxyl groups is 6. The number of para-hydroxylation sites is 4. The molecule has 766 valence electrons. The van der Waals surface area contributed by atoms with Crippen LogP contribution in [0.1, 0.15) is 62.8 Å². The van der Waals surface area contributed by atoms with Crippen LogP contribution in [-0.2, 0) is 48.4 Å². The summed E-state index contributed by atoms with van der Waals surface area (Å²) in [5, 5.41) is 69.5. The second-order valence-electron chi connectivity index (χ2n) is 37.0. The zero-order valence-electron chi connectivity index (χ0n) is 78.5. The van der Waals surface area contributed by atoms with Crippen molar-refractivity contribution in [2.24, 2.45) is 5.25 Å². The normalized spacial score (nSPS) is 21.1. The largest absolute Gasteiger partial charge is 0.416 e. The van der Waals surface area contributed by atoms with Gasteiger partial charge in [0.1, 0.15) is 0 Å². The summed E-state index contributed by atoms with van der Waals surface area (Å²) in [5.41, 5.74) is 2.43. The van der Waals surface area contributed by atoms with E-state index in [1.165, 1.54) is 102 Å². The van der Waals surface area contributed by atoms with E-state index < -0.39 is 89.1 Å². The topological polar surface area (TPSA) is 241 Å². The maximum atomic E-state index is 13.4. The van der Waals surface area contributed by atoms with Crippen molar-refractivity contribution in [2.45, 2.75) is 159 Å². The molecule has 8 aromatic rings. The molecule has 7 fully saturated rings. The number of nitrogens with two attached hydrogens (primary N) is 1. The number of hydrogen-bond donors (Lipinski definition) is 8. The lowest BCUT2D eigenvalue weighted by Gasteiger charge is -2.38. The van der Waals surface area contributed by atoms with Crippen molar-refractivity contribution in [1.29, 1.82) is 0 Å². The Kier molecular flexibility index (Phi) is 38.1. The van der Waals surface area contributed by atoms with Crippen molar-refractivity contribution in [3.05, 3.63) is 192 Å². The first-order valence-corrected chi connectivity index (χ1v) is 50.7. The van der Waals surface area contributed by atoms with Gasteiger partial charge < -0.3 is 79.2 Å². The van der Waals surface area contributed by atoms with Crippen LogP contribution in [0.25, 0.3) is 0 Å². The molecular formula is C99H124ClF12N13O11S4. The summed E-state index contributed by atoms with van der Waals surface area (Å²) in [5.74, 6) is -1.05. The van der Waals surface area contributed by atoms with Crippen LogP contribution in [0.4, 0.5) is 98.2 Å².